The number of nitrogens with two attached hydrogens (primary N) is 1. The normalized spacial score (nSPS) is 9.69. The van der Waals surface area contributed by atoms with Crippen LogP contribution in [0.1, 0.15) is 17.3 Å². The van der Waals surface area contributed by atoms with Gasteiger partial charge in [-0.25, -0.2) is 4.79 Å². The molecule has 5 heteroatoms. The van der Waals surface area contributed by atoms with Gasteiger partial charge in [0.05, 0.1) is 26.5 Å². The molecular weight excluding hydrogens is 210 g/mol. The molecule has 0 heterocycles. The molecule has 0 radical (unpaired) electrons. The highest BCUT2D eigenvalue weighted by molar-refractivity contribution is 5.94. The Kier molecular flexibility index (Phi) is 3.99. The SMILES string of the molecule is CCOC(=O)c1cc(N)c(OC)cc1OC. The van der Waals surface area contributed by atoms with Gasteiger partial charge in [0.15, 0.2) is 0 Å². The molecule has 0 aliphatic rings. The first-order valence-corrected chi connectivity index (χ1v) is 4.82. The van der Waals surface area contributed by atoms with E-state index in [-0.39, 0.29) is 0 Å². The molecule has 2 N–H and O–H groups in total. The lowest BCUT2D eigenvalue weighted by Crippen LogP contribution is -2.08. The lowest BCUT2D eigenvalue weighted by Gasteiger charge is -2.11. The number of benzene rings is 1. The van der Waals surface area contributed by atoms with Crippen LogP contribution in [0, 0.1) is 0 Å². The number of rotatable bonds is 4. The maximum Gasteiger partial charge on any atom is 0.341 e. The van der Waals surface area contributed by atoms with E-state index in [9.17, 15) is 4.79 Å². The Morgan fingerprint density at radius 2 is 1.88 bits per heavy atom. The van der Waals surface area contributed by atoms with Crippen LogP contribution < -0.4 is 15.2 Å². The largest absolute Gasteiger partial charge is 0.496 e. The Balaban J connectivity index is 3.17. The minimum Gasteiger partial charge on any atom is -0.496 e. The topological polar surface area (TPSA) is 70.8 Å². The molecule has 1 aromatic carbocycles. The highest BCUT2D eigenvalue weighted by atomic mass is 16.5. The van der Waals surface area contributed by atoms with Crippen molar-refractivity contribution in [1.29, 1.82) is 0 Å². The van der Waals surface area contributed by atoms with Crippen molar-refractivity contribution in [3.8, 4) is 11.5 Å². The van der Waals surface area contributed by atoms with Gasteiger partial charge in [0.1, 0.15) is 17.1 Å². The first-order chi connectivity index (χ1) is 7.63. The summed E-state index contributed by atoms with van der Waals surface area (Å²) >= 11 is 0. The van der Waals surface area contributed by atoms with Crippen LogP contribution >= 0.6 is 0 Å². The zero-order chi connectivity index (χ0) is 12.1. The van der Waals surface area contributed by atoms with Gasteiger partial charge >= 0.3 is 5.97 Å². The van der Waals surface area contributed by atoms with Crippen molar-refractivity contribution in [3.05, 3.63) is 17.7 Å². The molecular formula is C11H15NO4. The number of carbonyl (C=O) groups excluding carboxylic acids is 1. The molecule has 0 saturated carbocycles. The second-order valence-corrected chi connectivity index (χ2v) is 3.01. The maximum absolute atomic E-state index is 11.6. The number of hydrogen-bond donors (Lipinski definition) is 1. The van der Waals surface area contributed by atoms with Gasteiger partial charge < -0.3 is 19.9 Å². The quantitative estimate of drug-likeness (QED) is 0.620. The second-order valence-electron chi connectivity index (χ2n) is 3.01. The number of esters is 1. The molecule has 0 aromatic heterocycles. The molecule has 16 heavy (non-hydrogen) atoms. The fourth-order valence-electron chi connectivity index (χ4n) is 1.29. The number of methoxy groups -OCH3 is 2. The first-order valence-electron chi connectivity index (χ1n) is 4.82. The summed E-state index contributed by atoms with van der Waals surface area (Å²) in [6, 6.07) is 3.04. The predicted octanol–water partition coefficient (Wildman–Crippen LogP) is 1.46. The van der Waals surface area contributed by atoms with E-state index in [0.29, 0.717) is 29.4 Å². The summed E-state index contributed by atoms with van der Waals surface area (Å²) in [4.78, 5) is 11.6. The Morgan fingerprint density at radius 1 is 1.25 bits per heavy atom. The lowest BCUT2D eigenvalue weighted by molar-refractivity contribution is 0.0522. The van der Waals surface area contributed by atoms with E-state index in [4.69, 9.17) is 19.9 Å². The molecule has 0 atom stereocenters. The molecule has 0 unspecified atom stereocenters. The van der Waals surface area contributed by atoms with Crippen molar-refractivity contribution in [3.63, 3.8) is 0 Å². The Morgan fingerprint density at radius 3 is 2.38 bits per heavy atom. The molecule has 0 amide bonds. The summed E-state index contributed by atoms with van der Waals surface area (Å²) in [6.07, 6.45) is 0. The van der Waals surface area contributed by atoms with E-state index < -0.39 is 5.97 Å². The van der Waals surface area contributed by atoms with E-state index >= 15 is 0 Å². The van der Waals surface area contributed by atoms with Crippen LogP contribution in [0.15, 0.2) is 12.1 Å². The minimum atomic E-state index is -0.464. The third-order valence-corrected chi connectivity index (χ3v) is 2.05. The monoisotopic (exact) mass is 225 g/mol. The summed E-state index contributed by atoms with van der Waals surface area (Å²) in [5.41, 5.74) is 6.36. The Labute approximate surface area is 94.1 Å². The smallest absolute Gasteiger partial charge is 0.341 e. The van der Waals surface area contributed by atoms with Gasteiger partial charge in [0, 0.05) is 6.07 Å². The van der Waals surface area contributed by atoms with Gasteiger partial charge in [-0.3, -0.25) is 0 Å². The van der Waals surface area contributed by atoms with Crippen LogP contribution in [0.3, 0.4) is 0 Å². The zero-order valence-corrected chi connectivity index (χ0v) is 9.57. The number of ether oxygens (including phenoxy) is 3. The minimum absolute atomic E-state index is 0.294. The number of anilines is 1. The summed E-state index contributed by atoms with van der Waals surface area (Å²) < 4.78 is 15.0. The lowest BCUT2D eigenvalue weighted by atomic mass is 10.1. The molecule has 1 aromatic rings. The van der Waals surface area contributed by atoms with Gasteiger partial charge in [-0.05, 0) is 13.0 Å². The van der Waals surface area contributed by atoms with Crippen LogP contribution in [-0.2, 0) is 4.74 Å². The van der Waals surface area contributed by atoms with Crippen molar-refractivity contribution in [2.24, 2.45) is 0 Å². The first kappa shape index (κ1) is 12.2. The predicted molar refractivity (Wildman–Crippen MR) is 59.9 cm³/mol. The Hall–Kier alpha value is -1.91. The van der Waals surface area contributed by atoms with Crippen molar-refractivity contribution in [1.82, 2.24) is 0 Å². The van der Waals surface area contributed by atoms with Crippen LogP contribution in [0.2, 0.25) is 0 Å². The standard InChI is InChI=1S/C11H15NO4/c1-4-16-11(13)7-5-8(12)10(15-3)6-9(7)14-2/h5-6H,4,12H2,1-3H3. The molecule has 0 aliphatic heterocycles. The molecule has 5 nitrogen and oxygen atoms in total. The third-order valence-electron chi connectivity index (χ3n) is 2.05. The van der Waals surface area contributed by atoms with Crippen LogP contribution in [0.5, 0.6) is 11.5 Å². The number of hydrogen-bond acceptors (Lipinski definition) is 5. The third kappa shape index (κ3) is 2.36. The highest BCUT2D eigenvalue weighted by Crippen LogP contribution is 2.31. The van der Waals surface area contributed by atoms with Crippen molar-refractivity contribution >= 4 is 11.7 Å². The number of carbonyl (C=O) groups is 1. The average molecular weight is 225 g/mol. The van der Waals surface area contributed by atoms with Gasteiger partial charge in [-0.15, -0.1) is 0 Å². The van der Waals surface area contributed by atoms with E-state index in [1.165, 1.54) is 20.3 Å². The molecule has 0 spiro atoms. The van der Waals surface area contributed by atoms with Crippen molar-refractivity contribution < 1.29 is 19.0 Å². The Bertz CT molecular complexity index is 390. The molecule has 0 aliphatic carbocycles. The van der Waals surface area contributed by atoms with E-state index in [0.717, 1.165) is 0 Å². The van der Waals surface area contributed by atoms with Crippen molar-refractivity contribution in [2.75, 3.05) is 26.6 Å². The van der Waals surface area contributed by atoms with Gasteiger partial charge in [-0.2, -0.15) is 0 Å². The molecule has 1 rings (SSSR count). The van der Waals surface area contributed by atoms with Crippen molar-refractivity contribution in [2.45, 2.75) is 6.92 Å². The van der Waals surface area contributed by atoms with Crippen LogP contribution in [0.4, 0.5) is 5.69 Å². The molecule has 88 valence electrons. The van der Waals surface area contributed by atoms with Gasteiger partial charge in [0.2, 0.25) is 0 Å². The van der Waals surface area contributed by atoms with E-state index in [1.54, 1.807) is 13.0 Å². The second kappa shape index (κ2) is 5.25. The summed E-state index contributed by atoms with van der Waals surface area (Å²) in [5, 5.41) is 0. The summed E-state index contributed by atoms with van der Waals surface area (Å²) in [6.45, 7) is 2.03. The zero-order valence-electron chi connectivity index (χ0n) is 9.57. The molecule has 0 bridgehead atoms. The fraction of sp³-hybridized carbons (Fsp3) is 0.364. The molecule has 0 saturated heterocycles. The average Bonchev–Trinajstić information content (AvgIpc) is 2.29. The summed E-state index contributed by atoms with van der Waals surface area (Å²) in [7, 11) is 2.96. The highest BCUT2D eigenvalue weighted by Gasteiger charge is 2.16. The summed E-state index contributed by atoms with van der Waals surface area (Å²) in [5.74, 6) is 0.378. The van der Waals surface area contributed by atoms with Gasteiger partial charge in [-0.1, -0.05) is 0 Å². The van der Waals surface area contributed by atoms with Gasteiger partial charge in [0.25, 0.3) is 0 Å². The number of nitrogen functional groups attached to an aromatic ring is 1. The fourth-order valence-corrected chi connectivity index (χ4v) is 1.29. The maximum atomic E-state index is 11.6. The van der Waals surface area contributed by atoms with E-state index in [1.807, 2.05) is 0 Å². The molecule has 0 fully saturated rings. The van der Waals surface area contributed by atoms with E-state index in [2.05, 4.69) is 0 Å². The van der Waals surface area contributed by atoms with Crippen LogP contribution in [-0.4, -0.2) is 26.8 Å². The van der Waals surface area contributed by atoms with Crippen LogP contribution in [0.25, 0.3) is 0 Å².